The van der Waals surface area contributed by atoms with Gasteiger partial charge in [-0.25, -0.2) is 15.0 Å². The van der Waals surface area contributed by atoms with Gasteiger partial charge in [0.2, 0.25) is 11.6 Å². The average molecular weight is 388 g/mol. The fourth-order valence-electron chi connectivity index (χ4n) is 3.53. The largest absolute Gasteiger partial charge is 0.394 e. The van der Waals surface area contributed by atoms with Crippen LogP contribution < -0.4 is 0 Å². The summed E-state index contributed by atoms with van der Waals surface area (Å²) < 4.78 is 5.73. The summed E-state index contributed by atoms with van der Waals surface area (Å²) in [4.78, 5) is 51.0. The first-order chi connectivity index (χ1) is 13.4. The van der Waals surface area contributed by atoms with E-state index in [1.165, 1.54) is 12.5 Å². The summed E-state index contributed by atoms with van der Waals surface area (Å²) in [6.45, 7) is -0.616. The highest BCUT2D eigenvalue weighted by Crippen LogP contribution is 2.43. The first-order valence-corrected chi connectivity index (χ1v) is 8.48. The van der Waals surface area contributed by atoms with Gasteiger partial charge in [0.25, 0.3) is 0 Å². The number of imidazole rings is 1. The Morgan fingerprint density at radius 1 is 1.25 bits per heavy atom. The molecule has 11 nitrogen and oxygen atoms in total. The number of hydrogen-bond acceptors (Lipinski definition) is 10. The van der Waals surface area contributed by atoms with Crippen LogP contribution in [0.15, 0.2) is 24.2 Å². The lowest BCUT2D eigenvalue weighted by molar-refractivity contribution is -0.138. The van der Waals surface area contributed by atoms with Crippen molar-refractivity contribution in [1.82, 2.24) is 19.9 Å². The van der Waals surface area contributed by atoms with Crippen molar-refractivity contribution in [2.45, 2.75) is 36.8 Å². The Balaban J connectivity index is 1.84. The molecule has 1 aliphatic heterocycles. The number of rotatable bonds is 4. The van der Waals surface area contributed by atoms with Crippen LogP contribution in [0.1, 0.15) is 18.7 Å². The van der Waals surface area contributed by atoms with Crippen LogP contribution in [0.2, 0.25) is 0 Å². The predicted octanol–water partition coefficient (Wildman–Crippen LogP) is -1.91. The normalized spacial score (nSPS) is 30.9. The number of Topliss-reactive ketones (excluding diaryl/α,β-unsaturated/α-hetero) is 2. The van der Waals surface area contributed by atoms with Crippen molar-refractivity contribution in [2.24, 2.45) is 0 Å². The van der Waals surface area contributed by atoms with Crippen molar-refractivity contribution in [3.05, 3.63) is 30.0 Å². The third-order valence-corrected chi connectivity index (χ3v) is 4.95. The van der Waals surface area contributed by atoms with Crippen molar-refractivity contribution >= 4 is 28.5 Å². The Morgan fingerprint density at radius 2 is 2.04 bits per heavy atom. The van der Waals surface area contributed by atoms with E-state index in [0.717, 1.165) is 6.08 Å². The molecule has 1 aliphatic carbocycles. The van der Waals surface area contributed by atoms with Gasteiger partial charge in [-0.15, -0.1) is 0 Å². The molecule has 0 spiro atoms. The summed E-state index contributed by atoms with van der Waals surface area (Å²) in [5.74, 6) is -2.40. The molecule has 0 radical (unpaired) electrons. The number of carbonyl (C=O) groups excluding carboxylic acids is 3. The monoisotopic (exact) mass is 388 g/mol. The minimum absolute atomic E-state index is 0.103. The van der Waals surface area contributed by atoms with Gasteiger partial charge in [-0.05, 0) is 6.08 Å². The molecule has 1 unspecified atom stereocenters. The topological polar surface area (TPSA) is 176 Å². The number of aliphatic hydroxyl groups excluding tert-OH is 3. The molecular weight excluding hydrogens is 372 g/mol. The van der Waals surface area contributed by atoms with Gasteiger partial charge in [0.05, 0.1) is 25.6 Å². The van der Waals surface area contributed by atoms with E-state index in [4.69, 9.17) is 4.74 Å². The van der Waals surface area contributed by atoms with Gasteiger partial charge in [-0.1, -0.05) is 0 Å². The molecule has 4 atom stereocenters. The number of ketones is 3. The van der Waals surface area contributed by atoms with E-state index in [1.807, 2.05) is 0 Å². The van der Waals surface area contributed by atoms with Gasteiger partial charge in [0, 0.05) is 12.0 Å². The maximum atomic E-state index is 12.3. The fraction of sp³-hybridized carbons (Fsp3) is 0.412. The van der Waals surface area contributed by atoms with E-state index in [2.05, 4.69) is 19.9 Å². The molecule has 1 fully saturated rings. The molecule has 0 bridgehead atoms. The minimum atomic E-state index is -1.86. The van der Waals surface area contributed by atoms with E-state index in [-0.39, 0.29) is 17.0 Å². The number of aromatic nitrogens is 4. The van der Waals surface area contributed by atoms with Crippen molar-refractivity contribution < 1.29 is 34.4 Å². The van der Waals surface area contributed by atoms with E-state index >= 15 is 0 Å². The number of hydrogen-bond donors (Lipinski definition) is 4. The Labute approximate surface area is 157 Å². The second-order valence-corrected chi connectivity index (χ2v) is 6.74. The number of nitrogens with one attached hydrogen (secondary N) is 1. The molecule has 0 saturated carbocycles. The number of nitrogens with zero attached hydrogens (tertiary/aromatic N) is 3. The second-order valence-electron chi connectivity index (χ2n) is 6.74. The fourth-order valence-corrected chi connectivity index (χ4v) is 3.53. The van der Waals surface area contributed by atoms with E-state index in [0.29, 0.717) is 5.52 Å². The van der Waals surface area contributed by atoms with E-state index in [9.17, 15) is 29.7 Å². The molecular formula is C17H16N4O7. The van der Waals surface area contributed by atoms with Crippen molar-refractivity contribution in [1.29, 1.82) is 0 Å². The quantitative estimate of drug-likeness (QED) is 0.341. The van der Waals surface area contributed by atoms with Crippen LogP contribution in [0.25, 0.3) is 11.2 Å². The number of fused-ring (bicyclic) bond motifs is 1. The Hall–Kier alpha value is -2.86. The van der Waals surface area contributed by atoms with Gasteiger partial charge >= 0.3 is 0 Å². The van der Waals surface area contributed by atoms with Gasteiger partial charge < -0.3 is 25.0 Å². The first-order valence-electron chi connectivity index (χ1n) is 8.48. The summed E-state index contributed by atoms with van der Waals surface area (Å²) in [5.41, 5.74) is -1.29. The van der Waals surface area contributed by atoms with Gasteiger partial charge in [0.15, 0.2) is 22.9 Å². The number of ether oxygens (including phenoxy) is 1. The maximum Gasteiger partial charge on any atom is 0.225 e. The molecule has 2 aromatic heterocycles. The van der Waals surface area contributed by atoms with Crippen molar-refractivity contribution in [3.63, 3.8) is 0 Å². The second kappa shape index (κ2) is 6.63. The number of carbonyl (C=O) groups is 3. The van der Waals surface area contributed by atoms with Crippen LogP contribution in [-0.4, -0.2) is 77.5 Å². The summed E-state index contributed by atoms with van der Waals surface area (Å²) in [7, 11) is 0. The smallest absolute Gasteiger partial charge is 0.225 e. The summed E-state index contributed by atoms with van der Waals surface area (Å²) in [5, 5.41) is 30.5. The summed E-state index contributed by atoms with van der Waals surface area (Å²) in [6.07, 6.45) is -1.49. The maximum absolute atomic E-state index is 12.3. The van der Waals surface area contributed by atoms with Crippen LogP contribution in [0, 0.1) is 0 Å². The van der Waals surface area contributed by atoms with Crippen LogP contribution in [0.5, 0.6) is 0 Å². The first kappa shape index (κ1) is 18.5. The van der Waals surface area contributed by atoms with Gasteiger partial charge in [-0.3, -0.25) is 14.4 Å². The lowest BCUT2D eigenvalue weighted by Crippen LogP contribution is -2.44. The van der Waals surface area contributed by atoms with E-state index in [1.54, 1.807) is 0 Å². The SMILES string of the molecule is O=C1C=C(CC2(c3ncc4[nH]cnc4n3)O[C@H](CO)[C@@H](O)[C@@H]2O)C(=O)C(=O)C1. The van der Waals surface area contributed by atoms with E-state index < -0.39 is 60.7 Å². The Bertz CT molecular complexity index is 1020. The molecule has 146 valence electrons. The number of aromatic amines is 1. The highest BCUT2D eigenvalue weighted by atomic mass is 16.6. The molecule has 0 aromatic carbocycles. The highest BCUT2D eigenvalue weighted by molar-refractivity contribution is 6.49. The van der Waals surface area contributed by atoms with Crippen LogP contribution in [-0.2, 0) is 24.7 Å². The average Bonchev–Trinajstić information content (AvgIpc) is 3.23. The third-order valence-electron chi connectivity index (χ3n) is 4.95. The molecule has 3 heterocycles. The molecule has 11 heteroatoms. The number of aliphatic hydroxyl groups is 3. The van der Waals surface area contributed by atoms with Crippen molar-refractivity contribution in [3.8, 4) is 0 Å². The molecule has 4 rings (SSSR count). The predicted molar refractivity (Wildman–Crippen MR) is 89.7 cm³/mol. The van der Waals surface area contributed by atoms with Gasteiger partial charge in [-0.2, -0.15) is 0 Å². The molecule has 1 saturated heterocycles. The lowest BCUT2D eigenvalue weighted by Gasteiger charge is -2.31. The molecule has 4 N–H and O–H groups in total. The number of H-pyrrole nitrogens is 1. The molecule has 2 aliphatic rings. The van der Waals surface area contributed by atoms with Crippen LogP contribution in [0.4, 0.5) is 0 Å². The third kappa shape index (κ3) is 2.76. The Morgan fingerprint density at radius 3 is 2.75 bits per heavy atom. The van der Waals surface area contributed by atoms with Crippen LogP contribution in [0.3, 0.4) is 0 Å². The minimum Gasteiger partial charge on any atom is -0.394 e. The zero-order valence-corrected chi connectivity index (χ0v) is 14.4. The summed E-state index contributed by atoms with van der Waals surface area (Å²) in [6, 6.07) is 0. The zero-order valence-electron chi connectivity index (χ0n) is 14.4. The molecule has 0 amide bonds. The van der Waals surface area contributed by atoms with Gasteiger partial charge in [0.1, 0.15) is 23.8 Å². The summed E-state index contributed by atoms with van der Waals surface area (Å²) >= 11 is 0. The van der Waals surface area contributed by atoms with Crippen molar-refractivity contribution in [2.75, 3.05) is 6.61 Å². The number of allylic oxidation sites excluding steroid dienone is 1. The lowest BCUT2D eigenvalue weighted by atomic mass is 9.82. The van der Waals surface area contributed by atoms with Crippen LogP contribution >= 0.6 is 0 Å². The Kier molecular flexibility index (Phi) is 4.38. The molecule has 2 aromatic rings. The molecule has 28 heavy (non-hydrogen) atoms. The highest BCUT2D eigenvalue weighted by Gasteiger charge is 2.58. The standard InChI is InChI=1S/C17H16N4O7/c22-5-11-13(26)14(27)17(28-11,3-7-1-8(23)2-10(24)12(7)25)16-18-4-9-15(21-16)20-6-19-9/h1,4,6,11,13-14,22,26-27H,2-3,5H2,(H,18,19,20,21)/t11-,13-,14+,17?/m1/s1. The zero-order chi connectivity index (χ0) is 20.1.